The first-order chi connectivity index (χ1) is 12.3. The zero-order valence-electron chi connectivity index (χ0n) is 13.8. The van der Waals surface area contributed by atoms with Crippen molar-refractivity contribution in [2.75, 3.05) is 4.72 Å². The first-order valence-electron chi connectivity index (χ1n) is 7.63. The largest absolute Gasteiger partial charge is 0.457 e. The maximum Gasteiger partial charge on any atom is 0.307 e. The van der Waals surface area contributed by atoms with Crippen molar-refractivity contribution in [1.82, 2.24) is 4.73 Å². The fourth-order valence-corrected chi connectivity index (χ4v) is 3.25. The number of nitrogens with one attached hydrogen (secondary N) is 1. The molecule has 0 unspecified atom stereocenters. The van der Waals surface area contributed by atoms with E-state index in [-0.39, 0.29) is 10.6 Å². The zero-order chi connectivity index (χ0) is 18.7. The fraction of sp³-hybridized carbons (Fsp3) is 0.0556. The Morgan fingerprint density at radius 2 is 1.54 bits per heavy atom. The first-order valence-corrected chi connectivity index (χ1v) is 9.12. The quantitative estimate of drug-likeness (QED) is 0.671. The van der Waals surface area contributed by atoms with Crippen molar-refractivity contribution >= 4 is 15.7 Å². The van der Waals surface area contributed by atoms with E-state index in [9.17, 15) is 18.4 Å². The van der Waals surface area contributed by atoms with Crippen LogP contribution in [0.1, 0.15) is 5.56 Å². The van der Waals surface area contributed by atoms with Crippen molar-refractivity contribution in [2.45, 2.75) is 11.8 Å². The van der Waals surface area contributed by atoms with E-state index >= 15 is 0 Å². The maximum absolute atomic E-state index is 12.4. The Kier molecular flexibility index (Phi) is 4.68. The van der Waals surface area contributed by atoms with Crippen molar-refractivity contribution in [1.29, 1.82) is 0 Å². The van der Waals surface area contributed by atoms with Gasteiger partial charge in [-0.2, -0.15) is 4.73 Å². The lowest BCUT2D eigenvalue weighted by molar-refractivity contribution is 0.175. The molecule has 0 fully saturated rings. The van der Waals surface area contributed by atoms with Gasteiger partial charge in [-0.3, -0.25) is 9.52 Å². The Morgan fingerprint density at radius 1 is 0.962 bits per heavy atom. The molecule has 134 valence electrons. The summed E-state index contributed by atoms with van der Waals surface area (Å²) >= 11 is 0. The van der Waals surface area contributed by atoms with E-state index in [4.69, 9.17) is 4.74 Å². The molecule has 2 aromatic carbocycles. The Bertz CT molecular complexity index is 1070. The van der Waals surface area contributed by atoms with Crippen molar-refractivity contribution in [3.63, 3.8) is 0 Å². The predicted molar refractivity (Wildman–Crippen MR) is 96.4 cm³/mol. The summed E-state index contributed by atoms with van der Waals surface area (Å²) in [6.45, 7) is 1.97. The summed E-state index contributed by atoms with van der Waals surface area (Å²) in [5, 5.41) is 9.31. The van der Waals surface area contributed by atoms with Crippen LogP contribution in [0.15, 0.2) is 76.6 Å². The molecule has 0 atom stereocenters. The minimum absolute atomic E-state index is 0.0403. The summed E-state index contributed by atoms with van der Waals surface area (Å²) in [6.07, 6.45) is 1.11. The summed E-state index contributed by atoms with van der Waals surface area (Å²) in [5.41, 5.74) is -0.0156. The van der Waals surface area contributed by atoms with Gasteiger partial charge >= 0.3 is 5.56 Å². The van der Waals surface area contributed by atoms with Crippen LogP contribution >= 0.6 is 0 Å². The normalized spacial score (nSPS) is 11.1. The summed E-state index contributed by atoms with van der Waals surface area (Å²) in [7, 11) is -3.98. The van der Waals surface area contributed by atoms with Crippen LogP contribution in [0.5, 0.6) is 11.5 Å². The summed E-state index contributed by atoms with van der Waals surface area (Å²) in [5.74, 6) is 1.11. The summed E-state index contributed by atoms with van der Waals surface area (Å²) in [6, 6.07) is 15.8. The van der Waals surface area contributed by atoms with Gasteiger partial charge in [-0.25, -0.2) is 8.42 Å². The molecule has 0 saturated heterocycles. The van der Waals surface area contributed by atoms with Crippen LogP contribution in [-0.4, -0.2) is 18.4 Å². The van der Waals surface area contributed by atoms with E-state index in [0.717, 1.165) is 11.8 Å². The molecule has 1 aromatic heterocycles. The number of hydrogen-bond acceptors (Lipinski definition) is 5. The Labute approximate surface area is 150 Å². The SMILES string of the molecule is Cc1ccc(Oc2ccc(S(=O)(=O)Nc3cccn(O)c3=O)cc2)cc1. The highest BCUT2D eigenvalue weighted by Crippen LogP contribution is 2.23. The van der Waals surface area contributed by atoms with Crippen LogP contribution in [0.2, 0.25) is 0 Å². The van der Waals surface area contributed by atoms with E-state index in [1.807, 2.05) is 31.2 Å². The van der Waals surface area contributed by atoms with Gasteiger partial charge in [0.25, 0.3) is 10.0 Å². The fourth-order valence-electron chi connectivity index (χ4n) is 2.19. The van der Waals surface area contributed by atoms with Crippen LogP contribution in [0.3, 0.4) is 0 Å². The molecule has 0 saturated carbocycles. The van der Waals surface area contributed by atoms with Gasteiger partial charge in [0.2, 0.25) is 0 Å². The van der Waals surface area contributed by atoms with Gasteiger partial charge in [0, 0.05) is 6.20 Å². The number of aromatic nitrogens is 1. The predicted octanol–water partition coefficient (Wildman–Crippen LogP) is 2.99. The Hall–Kier alpha value is -3.26. The van der Waals surface area contributed by atoms with E-state index in [0.29, 0.717) is 16.2 Å². The summed E-state index contributed by atoms with van der Waals surface area (Å²) in [4.78, 5) is 11.7. The lowest BCUT2D eigenvalue weighted by Gasteiger charge is -2.09. The van der Waals surface area contributed by atoms with Gasteiger partial charge in [0.05, 0.1) is 4.90 Å². The smallest absolute Gasteiger partial charge is 0.307 e. The van der Waals surface area contributed by atoms with Crippen LogP contribution in [0.25, 0.3) is 0 Å². The number of benzene rings is 2. The van der Waals surface area contributed by atoms with Crippen LogP contribution in [0.4, 0.5) is 5.69 Å². The molecule has 1 heterocycles. The molecule has 3 rings (SSSR count). The zero-order valence-corrected chi connectivity index (χ0v) is 14.6. The van der Waals surface area contributed by atoms with E-state index in [1.165, 1.54) is 36.4 Å². The molecule has 26 heavy (non-hydrogen) atoms. The highest BCUT2D eigenvalue weighted by Gasteiger charge is 2.16. The van der Waals surface area contributed by atoms with E-state index < -0.39 is 15.6 Å². The third-order valence-corrected chi connectivity index (χ3v) is 4.95. The van der Waals surface area contributed by atoms with Crippen molar-refractivity contribution in [3.8, 4) is 11.5 Å². The number of ether oxygens (including phenoxy) is 1. The molecule has 0 spiro atoms. The molecular weight excluding hydrogens is 356 g/mol. The molecule has 2 N–H and O–H groups in total. The lowest BCUT2D eigenvalue weighted by Crippen LogP contribution is -2.24. The second-order valence-electron chi connectivity index (χ2n) is 5.56. The van der Waals surface area contributed by atoms with E-state index in [2.05, 4.69) is 4.72 Å². The van der Waals surface area contributed by atoms with Crippen LogP contribution < -0.4 is 15.0 Å². The highest BCUT2D eigenvalue weighted by molar-refractivity contribution is 7.92. The standard InChI is InChI=1S/C18H16N2O5S/c1-13-4-6-14(7-5-13)25-15-8-10-16(11-9-15)26(23,24)19-17-3-2-12-20(22)18(17)21/h2-12,19,22H,1H3. The Balaban J connectivity index is 1.79. The number of nitrogens with zero attached hydrogens (tertiary/aromatic N) is 1. The minimum atomic E-state index is -3.98. The number of sulfonamides is 1. The third-order valence-electron chi connectivity index (χ3n) is 3.56. The molecule has 0 aliphatic rings. The molecule has 3 aromatic rings. The Morgan fingerprint density at radius 3 is 2.15 bits per heavy atom. The monoisotopic (exact) mass is 372 g/mol. The second-order valence-corrected chi connectivity index (χ2v) is 7.25. The molecule has 0 aliphatic carbocycles. The highest BCUT2D eigenvalue weighted by atomic mass is 32.2. The molecule has 0 amide bonds. The van der Waals surface area contributed by atoms with Gasteiger partial charge in [-0.1, -0.05) is 17.7 Å². The average molecular weight is 372 g/mol. The van der Waals surface area contributed by atoms with Crippen molar-refractivity contribution in [3.05, 3.63) is 82.8 Å². The third kappa shape index (κ3) is 3.86. The van der Waals surface area contributed by atoms with Gasteiger partial charge in [0.15, 0.2) is 0 Å². The topological polar surface area (TPSA) is 97.6 Å². The number of hydrogen-bond donors (Lipinski definition) is 2. The van der Waals surface area contributed by atoms with Gasteiger partial charge < -0.3 is 9.94 Å². The average Bonchev–Trinajstić information content (AvgIpc) is 2.61. The number of pyridine rings is 1. The van der Waals surface area contributed by atoms with Crippen molar-refractivity contribution < 1.29 is 18.4 Å². The van der Waals surface area contributed by atoms with Gasteiger partial charge in [0.1, 0.15) is 17.2 Å². The number of rotatable bonds is 5. The van der Waals surface area contributed by atoms with Crippen LogP contribution in [-0.2, 0) is 10.0 Å². The number of anilines is 1. The molecule has 0 radical (unpaired) electrons. The molecule has 0 aliphatic heterocycles. The van der Waals surface area contributed by atoms with Crippen LogP contribution in [0, 0.1) is 6.92 Å². The van der Waals surface area contributed by atoms with Crippen molar-refractivity contribution in [2.24, 2.45) is 0 Å². The molecule has 0 bridgehead atoms. The summed E-state index contributed by atoms with van der Waals surface area (Å²) < 4.78 is 32.9. The minimum Gasteiger partial charge on any atom is -0.457 e. The lowest BCUT2D eigenvalue weighted by atomic mass is 10.2. The maximum atomic E-state index is 12.4. The molecule has 7 nitrogen and oxygen atoms in total. The van der Waals surface area contributed by atoms with E-state index in [1.54, 1.807) is 0 Å². The molecule has 8 heteroatoms. The first kappa shape index (κ1) is 17.6. The van der Waals surface area contributed by atoms with Gasteiger partial charge in [-0.15, -0.1) is 0 Å². The number of aryl methyl sites for hydroxylation is 1. The molecular formula is C18H16N2O5S. The van der Waals surface area contributed by atoms with Gasteiger partial charge in [-0.05, 0) is 55.5 Å². The second kappa shape index (κ2) is 6.93.